The van der Waals surface area contributed by atoms with E-state index >= 15 is 0 Å². The van der Waals surface area contributed by atoms with Crippen LogP contribution in [0.1, 0.15) is 47.8 Å². The van der Waals surface area contributed by atoms with Crippen molar-refractivity contribution in [1.29, 1.82) is 0 Å². The molecule has 0 atom stereocenters. The minimum atomic E-state index is -0.273. The Morgan fingerprint density at radius 3 is 1.31 bits per heavy atom. The molecule has 0 heterocycles. The fourth-order valence-corrected chi connectivity index (χ4v) is 4.19. The van der Waals surface area contributed by atoms with Crippen LogP contribution < -0.4 is 0 Å². The summed E-state index contributed by atoms with van der Waals surface area (Å²) in [4.78, 5) is 39.0. The second-order valence-corrected chi connectivity index (χ2v) is 8.96. The van der Waals surface area contributed by atoms with Crippen LogP contribution in [-0.4, -0.2) is 17.3 Å². The van der Waals surface area contributed by atoms with Gasteiger partial charge in [-0.3, -0.25) is 14.4 Å². The second kappa shape index (κ2) is 9.55. The minimum absolute atomic E-state index is 0.129. The molecule has 0 aliphatic carbocycles. The zero-order valence-corrected chi connectivity index (χ0v) is 19.9. The lowest BCUT2D eigenvalue weighted by Gasteiger charge is -2.09. The molecule has 0 unspecified atom stereocenters. The van der Waals surface area contributed by atoms with Crippen LogP contribution in [0, 0.1) is 0 Å². The van der Waals surface area contributed by atoms with Gasteiger partial charge < -0.3 is 0 Å². The maximum absolute atomic E-state index is 13.2. The molecule has 0 aliphatic rings. The molecule has 0 aromatic heterocycles. The van der Waals surface area contributed by atoms with Gasteiger partial charge in [0.1, 0.15) is 0 Å². The van der Waals surface area contributed by atoms with Crippen LogP contribution in [-0.2, 0) is 0 Å². The van der Waals surface area contributed by atoms with Gasteiger partial charge in [-0.1, -0.05) is 105 Å². The van der Waals surface area contributed by atoms with Crippen molar-refractivity contribution in [3.8, 4) is 0 Å². The van der Waals surface area contributed by atoms with Crippen LogP contribution in [0.25, 0.3) is 0 Å². The van der Waals surface area contributed by atoms with E-state index < -0.39 is 0 Å². The number of hydrogen-bond acceptors (Lipinski definition) is 3. The highest BCUT2D eigenvalue weighted by molar-refractivity contribution is 9.10. The standard InChI is InChI=1S/C27H16Br2O3/c28-21-7-3-5-19(15-21)25(30)17-11-13-18(14-12-17)26(31)23-9-1-2-10-24(23)27(32)20-6-4-8-22(29)16-20/h1-16H. The Morgan fingerprint density at radius 1 is 0.438 bits per heavy atom. The van der Waals surface area contributed by atoms with Crippen molar-refractivity contribution in [2.24, 2.45) is 0 Å². The molecule has 0 N–H and O–H groups in total. The summed E-state index contributed by atoms with van der Waals surface area (Å²) in [5, 5.41) is 0. The molecule has 0 fully saturated rings. The molecule has 156 valence electrons. The number of rotatable bonds is 6. The predicted octanol–water partition coefficient (Wildman–Crippen LogP) is 6.90. The van der Waals surface area contributed by atoms with Crippen molar-refractivity contribution in [2.75, 3.05) is 0 Å². The Labute approximate surface area is 202 Å². The Hall–Kier alpha value is -3.15. The van der Waals surface area contributed by atoms with E-state index in [4.69, 9.17) is 0 Å². The number of ketones is 3. The average molecular weight is 548 g/mol. The van der Waals surface area contributed by atoms with Crippen molar-refractivity contribution >= 4 is 49.2 Å². The topological polar surface area (TPSA) is 51.2 Å². The van der Waals surface area contributed by atoms with Gasteiger partial charge in [-0.05, 0) is 24.3 Å². The van der Waals surface area contributed by atoms with Crippen molar-refractivity contribution in [2.45, 2.75) is 0 Å². The molecule has 0 spiro atoms. The summed E-state index contributed by atoms with van der Waals surface area (Å²) >= 11 is 6.75. The number of hydrogen-bond donors (Lipinski definition) is 0. The first-order valence-electron chi connectivity index (χ1n) is 9.78. The lowest BCUT2D eigenvalue weighted by Crippen LogP contribution is -2.11. The lowest BCUT2D eigenvalue weighted by molar-refractivity contribution is 0.100. The van der Waals surface area contributed by atoms with Crippen LogP contribution in [0.3, 0.4) is 0 Å². The molecule has 5 heteroatoms. The molecule has 0 saturated heterocycles. The van der Waals surface area contributed by atoms with E-state index in [0.29, 0.717) is 33.4 Å². The zero-order valence-electron chi connectivity index (χ0n) is 16.7. The summed E-state index contributed by atoms with van der Waals surface area (Å²) in [5.74, 6) is -0.627. The van der Waals surface area contributed by atoms with E-state index in [2.05, 4.69) is 31.9 Å². The third-order valence-corrected chi connectivity index (χ3v) is 5.99. The van der Waals surface area contributed by atoms with Gasteiger partial charge in [0.2, 0.25) is 0 Å². The SMILES string of the molecule is O=C(c1ccc(C(=O)c2ccccc2C(=O)c2cccc(Br)c2)cc1)c1cccc(Br)c1. The number of carbonyl (C=O) groups excluding carboxylic acids is 3. The number of benzene rings is 4. The van der Waals surface area contributed by atoms with Gasteiger partial charge in [-0.25, -0.2) is 0 Å². The van der Waals surface area contributed by atoms with Crippen molar-refractivity contribution in [3.63, 3.8) is 0 Å². The van der Waals surface area contributed by atoms with Gasteiger partial charge >= 0.3 is 0 Å². The normalized spacial score (nSPS) is 10.6. The summed E-state index contributed by atoms with van der Waals surface area (Å²) in [7, 11) is 0. The van der Waals surface area contributed by atoms with Crippen molar-refractivity contribution in [3.05, 3.63) is 139 Å². The fraction of sp³-hybridized carbons (Fsp3) is 0. The summed E-state index contributed by atoms with van der Waals surface area (Å²) < 4.78 is 1.61. The van der Waals surface area contributed by atoms with Crippen LogP contribution in [0.5, 0.6) is 0 Å². The predicted molar refractivity (Wildman–Crippen MR) is 131 cm³/mol. The van der Waals surface area contributed by atoms with Crippen LogP contribution in [0.2, 0.25) is 0 Å². The first-order valence-corrected chi connectivity index (χ1v) is 11.4. The van der Waals surface area contributed by atoms with E-state index in [1.807, 2.05) is 12.1 Å². The highest BCUT2D eigenvalue weighted by Gasteiger charge is 2.20. The molecule has 32 heavy (non-hydrogen) atoms. The van der Waals surface area contributed by atoms with Gasteiger partial charge in [0.25, 0.3) is 0 Å². The van der Waals surface area contributed by atoms with Crippen LogP contribution >= 0.6 is 31.9 Å². The van der Waals surface area contributed by atoms with Crippen LogP contribution in [0.4, 0.5) is 0 Å². The number of carbonyl (C=O) groups is 3. The van der Waals surface area contributed by atoms with Crippen molar-refractivity contribution < 1.29 is 14.4 Å². The van der Waals surface area contributed by atoms with E-state index in [1.54, 1.807) is 84.9 Å². The molecule has 4 aromatic carbocycles. The maximum Gasteiger partial charge on any atom is 0.193 e. The Balaban J connectivity index is 1.63. The highest BCUT2D eigenvalue weighted by atomic mass is 79.9. The summed E-state index contributed by atoms with van der Waals surface area (Å²) in [6.45, 7) is 0. The van der Waals surface area contributed by atoms with Gasteiger partial charge in [-0.2, -0.15) is 0 Å². The lowest BCUT2D eigenvalue weighted by atomic mass is 9.92. The summed E-state index contributed by atoms with van der Waals surface area (Å²) in [6, 6.07) is 27.5. The molecule has 0 radical (unpaired) electrons. The Bertz CT molecular complexity index is 1340. The molecular formula is C27H16Br2O3. The van der Waals surface area contributed by atoms with Gasteiger partial charge in [0, 0.05) is 42.3 Å². The van der Waals surface area contributed by atoms with Crippen molar-refractivity contribution in [1.82, 2.24) is 0 Å². The van der Waals surface area contributed by atoms with E-state index in [1.165, 1.54) is 0 Å². The molecule has 0 amide bonds. The molecular weight excluding hydrogens is 532 g/mol. The van der Waals surface area contributed by atoms with E-state index in [9.17, 15) is 14.4 Å². The van der Waals surface area contributed by atoms with E-state index in [0.717, 1.165) is 8.95 Å². The Kier molecular flexibility index (Phi) is 6.58. The van der Waals surface area contributed by atoms with Gasteiger partial charge in [0.15, 0.2) is 17.3 Å². The Morgan fingerprint density at radius 2 is 0.844 bits per heavy atom. The average Bonchev–Trinajstić information content (AvgIpc) is 2.83. The first kappa shape index (κ1) is 22.1. The smallest absolute Gasteiger partial charge is 0.193 e. The molecule has 0 bridgehead atoms. The van der Waals surface area contributed by atoms with Gasteiger partial charge in [0.05, 0.1) is 0 Å². The monoisotopic (exact) mass is 546 g/mol. The minimum Gasteiger partial charge on any atom is -0.289 e. The zero-order chi connectivity index (χ0) is 22.7. The summed E-state index contributed by atoms with van der Waals surface area (Å²) in [5.41, 5.74) is 2.61. The van der Waals surface area contributed by atoms with E-state index in [-0.39, 0.29) is 17.3 Å². The largest absolute Gasteiger partial charge is 0.289 e. The fourth-order valence-electron chi connectivity index (χ4n) is 3.39. The molecule has 4 aromatic rings. The molecule has 0 aliphatic heterocycles. The third kappa shape index (κ3) is 4.69. The third-order valence-electron chi connectivity index (χ3n) is 5.00. The highest BCUT2D eigenvalue weighted by Crippen LogP contribution is 2.22. The van der Waals surface area contributed by atoms with Gasteiger partial charge in [-0.15, -0.1) is 0 Å². The number of halogens is 2. The molecule has 4 rings (SSSR count). The quantitative estimate of drug-likeness (QED) is 0.246. The molecule has 3 nitrogen and oxygen atoms in total. The first-order chi connectivity index (χ1) is 15.4. The van der Waals surface area contributed by atoms with Crippen LogP contribution in [0.15, 0.2) is 106 Å². The maximum atomic E-state index is 13.2. The summed E-state index contributed by atoms with van der Waals surface area (Å²) in [6.07, 6.45) is 0. The molecule has 0 saturated carbocycles. The second-order valence-electron chi connectivity index (χ2n) is 7.13.